The molecule has 0 radical (unpaired) electrons. The highest BCUT2D eigenvalue weighted by Crippen LogP contribution is 2.12. The lowest BCUT2D eigenvalue weighted by atomic mass is 10.2. The van der Waals surface area contributed by atoms with Crippen molar-refractivity contribution in [2.75, 3.05) is 5.73 Å². The maximum atomic E-state index is 11.9. The number of nitrogens with zero attached hydrogens (tertiary/aromatic N) is 2. The van der Waals surface area contributed by atoms with Crippen LogP contribution in [0.2, 0.25) is 0 Å². The second-order valence-corrected chi connectivity index (χ2v) is 4.25. The highest BCUT2D eigenvalue weighted by atomic mass is 16.5. The molecule has 0 bridgehead atoms. The van der Waals surface area contributed by atoms with Gasteiger partial charge in [0.1, 0.15) is 6.61 Å². The van der Waals surface area contributed by atoms with Gasteiger partial charge in [0.15, 0.2) is 0 Å². The number of pyridine rings is 2. The van der Waals surface area contributed by atoms with Crippen LogP contribution in [0.15, 0.2) is 30.5 Å². The van der Waals surface area contributed by atoms with E-state index in [4.69, 9.17) is 10.5 Å². The lowest BCUT2D eigenvalue weighted by Gasteiger charge is -2.07. The first-order valence-electron chi connectivity index (χ1n) is 5.88. The topological polar surface area (TPSA) is 78.1 Å². The Kier molecular flexibility index (Phi) is 3.75. The summed E-state index contributed by atoms with van der Waals surface area (Å²) in [5.41, 5.74) is 8.62. The Morgan fingerprint density at radius 2 is 2.16 bits per heavy atom. The van der Waals surface area contributed by atoms with Crippen LogP contribution < -0.4 is 5.73 Å². The van der Waals surface area contributed by atoms with Gasteiger partial charge < -0.3 is 10.5 Å². The van der Waals surface area contributed by atoms with Crippen LogP contribution in [0, 0.1) is 13.8 Å². The van der Waals surface area contributed by atoms with E-state index >= 15 is 0 Å². The molecule has 0 aliphatic heterocycles. The number of carbonyl (C=O) groups excluding carboxylic acids is 1. The largest absolute Gasteiger partial charge is 0.456 e. The van der Waals surface area contributed by atoms with Crippen molar-refractivity contribution in [2.45, 2.75) is 20.5 Å². The van der Waals surface area contributed by atoms with E-state index in [1.165, 1.54) is 6.20 Å². The summed E-state index contributed by atoms with van der Waals surface area (Å²) in [6.07, 6.45) is 1.51. The van der Waals surface area contributed by atoms with Gasteiger partial charge in [-0.2, -0.15) is 0 Å². The maximum Gasteiger partial charge on any atom is 0.340 e. The Balaban J connectivity index is 2.07. The molecule has 0 spiro atoms. The molecule has 19 heavy (non-hydrogen) atoms. The number of esters is 1. The smallest absolute Gasteiger partial charge is 0.340 e. The molecule has 0 atom stereocenters. The number of ether oxygens (including phenoxy) is 1. The van der Waals surface area contributed by atoms with E-state index in [9.17, 15) is 4.79 Å². The predicted octanol–water partition coefficient (Wildman–Crippen LogP) is 2.03. The zero-order valence-corrected chi connectivity index (χ0v) is 10.9. The van der Waals surface area contributed by atoms with Crippen LogP contribution in [0.3, 0.4) is 0 Å². The van der Waals surface area contributed by atoms with Gasteiger partial charge in [-0.1, -0.05) is 6.07 Å². The summed E-state index contributed by atoms with van der Waals surface area (Å²) in [7, 11) is 0. The molecule has 5 heteroatoms. The first-order valence-corrected chi connectivity index (χ1v) is 5.88. The summed E-state index contributed by atoms with van der Waals surface area (Å²) < 4.78 is 5.21. The van der Waals surface area contributed by atoms with Crippen molar-refractivity contribution in [3.05, 3.63) is 53.1 Å². The Morgan fingerprint density at radius 1 is 1.37 bits per heavy atom. The summed E-state index contributed by atoms with van der Waals surface area (Å²) in [5.74, 6) is -0.444. The number of aromatic nitrogens is 2. The molecular formula is C14H15N3O2. The third-order valence-corrected chi connectivity index (χ3v) is 2.63. The lowest BCUT2D eigenvalue weighted by molar-refractivity contribution is 0.0466. The number of rotatable bonds is 3. The van der Waals surface area contributed by atoms with E-state index < -0.39 is 5.97 Å². The monoisotopic (exact) mass is 257 g/mol. The van der Waals surface area contributed by atoms with Crippen molar-refractivity contribution in [1.82, 2.24) is 9.97 Å². The van der Waals surface area contributed by atoms with Crippen molar-refractivity contribution in [3.63, 3.8) is 0 Å². The normalized spacial score (nSPS) is 10.2. The van der Waals surface area contributed by atoms with Crippen LogP contribution in [0.5, 0.6) is 0 Å². The van der Waals surface area contributed by atoms with Crippen molar-refractivity contribution < 1.29 is 9.53 Å². The maximum absolute atomic E-state index is 11.9. The van der Waals surface area contributed by atoms with Crippen LogP contribution in [0.4, 0.5) is 5.69 Å². The van der Waals surface area contributed by atoms with E-state index in [0.717, 1.165) is 5.69 Å². The van der Waals surface area contributed by atoms with Gasteiger partial charge in [-0.25, -0.2) is 4.79 Å². The summed E-state index contributed by atoms with van der Waals surface area (Å²) in [6.45, 7) is 3.76. The summed E-state index contributed by atoms with van der Waals surface area (Å²) in [6, 6.07) is 7.13. The Bertz CT molecular complexity index is 611. The first kappa shape index (κ1) is 13.0. The molecule has 2 aromatic heterocycles. The fraction of sp³-hybridized carbons (Fsp3) is 0.214. The lowest BCUT2D eigenvalue weighted by Crippen LogP contribution is -2.09. The van der Waals surface area contributed by atoms with Gasteiger partial charge in [-0.15, -0.1) is 0 Å². The molecule has 0 saturated carbocycles. The second kappa shape index (κ2) is 5.48. The Morgan fingerprint density at radius 3 is 2.89 bits per heavy atom. The fourth-order valence-corrected chi connectivity index (χ4v) is 1.65. The number of anilines is 1. The highest BCUT2D eigenvalue weighted by molar-refractivity contribution is 5.91. The minimum Gasteiger partial charge on any atom is -0.456 e. The van der Waals surface area contributed by atoms with Crippen molar-refractivity contribution in [3.8, 4) is 0 Å². The fourth-order valence-electron chi connectivity index (χ4n) is 1.65. The van der Waals surface area contributed by atoms with E-state index in [1.807, 2.05) is 25.1 Å². The van der Waals surface area contributed by atoms with Gasteiger partial charge in [-0.3, -0.25) is 9.97 Å². The number of aryl methyl sites for hydroxylation is 2. The standard InChI is InChI=1S/C14H15N3O2/c1-9-4-3-5-12(17-9)8-19-14(18)13-6-11(15)7-16-10(13)2/h3-7H,8,15H2,1-2H3. The second-order valence-electron chi connectivity index (χ2n) is 4.25. The van der Waals surface area contributed by atoms with Crippen molar-refractivity contribution in [2.24, 2.45) is 0 Å². The summed E-state index contributed by atoms with van der Waals surface area (Å²) >= 11 is 0. The average Bonchev–Trinajstić information content (AvgIpc) is 2.39. The molecule has 2 N–H and O–H groups in total. The number of hydrogen-bond donors (Lipinski definition) is 1. The summed E-state index contributed by atoms with van der Waals surface area (Å²) in [4.78, 5) is 20.2. The minimum atomic E-state index is -0.444. The molecule has 2 rings (SSSR count). The molecule has 5 nitrogen and oxygen atoms in total. The number of carbonyl (C=O) groups is 1. The van der Waals surface area contributed by atoms with Gasteiger partial charge in [0.2, 0.25) is 0 Å². The van der Waals surface area contributed by atoms with E-state index in [2.05, 4.69) is 9.97 Å². The van der Waals surface area contributed by atoms with Gasteiger partial charge >= 0.3 is 5.97 Å². The first-order chi connectivity index (χ1) is 9.06. The molecule has 0 fully saturated rings. The zero-order chi connectivity index (χ0) is 13.8. The van der Waals surface area contributed by atoms with Crippen molar-refractivity contribution in [1.29, 1.82) is 0 Å². The third-order valence-electron chi connectivity index (χ3n) is 2.63. The number of nitrogens with two attached hydrogens (primary N) is 1. The molecule has 2 aromatic rings. The quantitative estimate of drug-likeness (QED) is 0.851. The van der Waals surface area contributed by atoms with Crippen LogP contribution in [-0.2, 0) is 11.3 Å². The molecule has 2 heterocycles. The number of hydrogen-bond acceptors (Lipinski definition) is 5. The van der Waals surface area contributed by atoms with Gasteiger partial charge in [0.05, 0.1) is 28.8 Å². The molecule has 0 unspecified atom stereocenters. The summed E-state index contributed by atoms with van der Waals surface area (Å²) in [5, 5.41) is 0. The van der Waals surface area contributed by atoms with Crippen LogP contribution in [0.1, 0.15) is 27.4 Å². The third kappa shape index (κ3) is 3.28. The zero-order valence-electron chi connectivity index (χ0n) is 10.9. The van der Waals surface area contributed by atoms with Gasteiger partial charge in [0, 0.05) is 5.69 Å². The molecule has 0 saturated heterocycles. The minimum absolute atomic E-state index is 0.134. The molecule has 0 aliphatic carbocycles. The average molecular weight is 257 g/mol. The van der Waals surface area contributed by atoms with Crippen LogP contribution in [0.25, 0.3) is 0 Å². The molecule has 0 amide bonds. The predicted molar refractivity (Wildman–Crippen MR) is 71.5 cm³/mol. The van der Waals surface area contributed by atoms with E-state index in [0.29, 0.717) is 22.6 Å². The van der Waals surface area contributed by atoms with E-state index in [-0.39, 0.29) is 6.61 Å². The Labute approximate surface area is 111 Å². The van der Waals surface area contributed by atoms with Crippen molar-refractivity contribution >= 4 is 11.7 Å². The molecule has 98 valence electrons. The number of nitrogen functional groups attached to an aromatic ring is 1. The van der Waals surface area contributed by atoms with Gasteiger partial charge in [0.25, 0.3) is 0 Å². The SMILES string of the molecule is Cc1cccc(COC(=O)c2cc(N)cnc2C)n1. The Hall–Kier alpha value is -2.43. The van der Waals surface area contributed by atoms with Gasteiger partial charge in [-0.05, 0) is 32.0 Å². The molecular weight excluding hydrogens is 242 g/mol. The molecule has 0 aliphatic rings. The van der Waals surface area contributed by atoms with E-state index in [1.54, 1.807) is 13.0 Å². The van der Waals surface area contributed by atoms with Crippen LogP contribution >= 0.6 is 0 Å². The van der Waals surface area contributed by atoms with Crippen LogP contribution in [-0.4, -0.2) is 15.9 Å². The molecule has 0 aromatic carbocycles. The highest BCUT2D eigenvalue weighted by Gasteiger charge is 2.12.